The summed E-state index contributed by atoms with van der Waals surface area (Å²) in [6.07, 6.45) is 4.98. The van der Waals surface area contributed by atoms with Gasteiger partial charge in [0.1, 0.15) is 5.60 Å². The third-order valence-corrected chi connectivity index (χ3v) is 4.28. The van der Waals surface area contributed by atoms with Gasteiger partial charge in [0.15, 0.2) is 0 Å². The Morgan fingerprint density at radius 1 is 1.42 bits per heavy atom. The van der Waals surface area contributed by atoms with Crippen LogP contribution in [0, 0.1) is 12.8 Å². The summed E-state index contributed by atoms with van der Waals surface area (Å²) < 4.78 is 0. The first-order chi connectivity index (χ1) is 9.10. The van der Waals surface area contributed by atoms with Crippen LogP contribution in [0.5, 0.6) is 0 Å². The average Bonchev–Trinajstić information content (AvgIpc) is 3.23. The molecule has 4 nitrogen and oxygen atoms in total. The summed E-state index contributed by atoms with van der Waals surface area (Å²) in [6, 6.07) is 3.86. The lowest BCUT2D eigenvalue weighted by Gasteiger charge is -2.38. The number of amides is 1. The predicted octanol–water partition coefficient (Wildman–Crippen LogP) is 1.61. The molecule has 1 N–H and O–H groups in total. The van der Waals surface area contributed by atoms with Crippen LogP contribution in [-0.2, 0) is 10.4 Å². The standard InChI is InChI=1S/C15H20N2O2/c1-11-3-2-8-16-13(11)15(19)6-9-17(10-7-15)14(18)12-4-5-12/h2-3,8,12,19H,4-7,9-10H2,1H3. The van der Waals surface area contributed by atoms with Crippen LogP contribution in [0.4, 0.5) is 0 Å². The molecule has 3 rings (SSSR count). The van der Waals surface area contributed by atoms with Crippen LogP contribution >= 0.6 is 0 Å². The molecule has 0 bridgehead atoms. The second-order valence-corrected chi connectivity index (χ2v) is 5.80. The van der Waals surface area contributed by atoms with Crippen molar-refractivity contribution in [1.82, 2.24) is 9.88 Å². The van der Waals surface area contributed by atoms with Gasteiger partial charge in [-0.15, -0.1) is 0 Å². The lowest BCUT2D eigenvalue weighted by molar-refractivity contribution is -0.137. The number of pyridine rings is 1. The SMILES string of the molecule is Cc1cccnc1C1(O)CCN(C(=O)C2CC2)CC1. The molecule has 1 saturated heterocycles. The molecule has 1 saturated carbocycles. The molecule has 0 aromatic carbocycles. The zero-order chi connectivity index (χ0) is 13.5. The highest BCUT2D eigenvalue weighted by Crippen LogP contribution is 2.36. The number of piperidine rings is 1. The van der Waals surface area contributed by atoms with Gasteiger partial charge in [-0.3, -0.25) is 9.78 Å². The Bertz CT molecular complexity index is 489. The minimum Gasteiger partial charge on any atom is -0.383 e. The Kier molecular flexibility index (Phi) is 3.05. The van der Waals surface area contributed by atoms with Crippen molar-refractivity contribution in [3.63, 3.8) is 0 Å². The molecule has 0 radical (unpaired) electrons. The van der Waals surface area contributed by atoms with Crippen LogP contribution in [0.15, 0.2) is 18.3 Å². The van der Waals surface area contributed by atoms with E-state index in [9.17, 15) is 9.90 Å². The van der Waals surface area contributed by atoms with Gasteiger partial charge in [-0.25, -0.2) is 0 Å². The summed E-state index contributed by atoms with van der Waals surface area (Å²) in [5.74, 6) is 0.544. The summed E-state index contributed by atoms with van der Waals surface area (Å²) in [5, 5.41) is 10.8. The highest BCUT2D eigenvalue weighted by Gasteiger charge is 2.40. The van der Waals surface area contributed by atoms with Crippen molar-refractivity contribution >= 4 is 5.91 Å². The van der Waals surface area contributed by atoms with Crippen LogP contribution < -0.4 is 0 Å². The lowest BCUT2D eigenvalue weighted by Crippen LogP contribution is -2.46. The van der Waals surface area contributed by atoms with Gasteiger partial charge in [0.05, 0.1) is 5.69 Å². The van der Waals surface area contributed by atoms with Gasteiger partial charge in [-0.1, -0.05) is 6.07 Å². The van der Waals surface area contributed by atoms with E-state index >= 15 is 0 Å². The molecule has 1 aromatic heterocycles. The van der Waals surface area contributed by atoms with E-state index in [4.69, 9.17) is 0 Å². The molecule has 2 heterocycles. The molecule has 0 spiro atoms. The summed E-state index contributed by atoms with van der Waals surface area (Å²) in [5.41, 5.74) is 0.923. The summed E-state index contributed by atoms with van der Waals surface area (Å²) in [7, 11) is 0. The molecule has 0 unspecified atom stereocenters. The first-order valence-electron chi connectivity index (χ1n) is 7.03. The average molecular weight is 260 g/mol. The van der Waals surface area contributed by atoms with Crippen molar-refractivity contribution in [2.75, 3.05) is 13.1 Å². The number of carbonyl (C=O) groups is 1. The molecule has 19 heavy (non-hydrogen) atoms. The Morgan fingerprint density at radius 2 is 2.11 bits per heavy atom. The Hall–Kier alpha value is -1.42. The number of aliphatic hydroxyl groups is 1. The van der Waals surface area contributed by atoms with Crippen LogP contribution in [0.2, 0.25) is 0 Å². The molecule has 1 aliphatic carbocycles. The van der Waals surface area contributed by atoms with Gasteiger partial charge in [0.2, 0.25) is 5.91 Å². The zero-order valence-corrected chi connectivity index (χ0v) is 11.3. The first kappa shape index (κ1) is 12.6. The van der Waals surface area contributed by atoms with E-state index in [0.29, 0.717) is 25.9 Å². The van der Waals surface area contributed by atoms with Crippen LogP contribution in [0.3, 0.4) is 0 Å². The number of likely N-dealkylation sites (tertiary alicyclic amines) is 1. The van der Waals surface area contributed by atoms with Crippen LogP contribution in [0.1, 0.15) is 36.9 Å². The maximum Gasteiger partial charge on any atom is 0.225 e. The molecule has 0 atom stereocenters. The maximum atomic E-state index is 12.0. The summed E-state index contributed by atoms with van der Waals surface area (Å²) in [6.45, 7) is 3.26. The molecular formula is C15H20N2O2. The largest absolute Gasteiger partial charge is 0.383 e. The Labute approximate surface area is 113 Å². The minimum absolute atomic E-state index is 0.266. The first-order valence-corrected chi connectivity index (χ1v) is 7.03. The van der Waals surface area contributed by atoms with Gasteiger partial charge < -0.3 is 10.0 Å². The molecule has 1 aromatic rings. The number of carbonyl (C=O) groups excluding carboxylic acids is 1. The van der Waals surface area contributed by atoms with E-state index in [-0.39, 0.29) is 11.8 Å². The molecule has 2 fully saturated rings. The highest BCUT2D eigenvalue weighted by molar-refractivity contribution is 5.81. The predicted molar refractivity (Wildman–Crippen MR) is 71.4 cm³/mol. The Balaban J connectivity index is 1.71. The third-order valence-electron chi connectivity index (χ3n) is 4.28. The van der Waals surface area contributed by atoms with Crippen LogP contribution in [-0.4, -0.2) is 34.0 Å². The lowest BCUT2D eigenvalue weighted by atomic mass is 9.85. The molecule has 4 heteroatoms. The number of aryl methyl sites for hydroxylation is 1. The highest BCUT2D eigenvalue weighted by atomic mass is 16.3. The molecule has 1 aliphatic heterocycles. The van der Waals surface area contributed by atoms with Crippen molar-refractivity contribution in [3.8, 4) is 0 Å². The molecular weight excluding hydrogens is 240 g/mol. The van der Waals surface area contributed by atoms with Crippen molar-refractivity contribution in [1.29, 1.82) is 0 Å². The van der Waals surface area contributed by atoms with E-state index < -0.39 is 5.60 Å². The van der Waals surface area contributed by atoms with Crippen molar-refractivity contribution < 1.29 is 9.90 Å². The number of aromatic nitrogens is 1. The zero-order valence-electron chi connectivity index (χ0n) is 11.3. The number of nitrogens with zero attached hydrogens (tertiary/aromatic N) is 2. The Morgan fingerprint density at radius 3 is 2.68 bits per heavy atom. The summed E-state index contributed by atoms with van der Waals surface area (Å²) in [4.78, 5) is 18.2. The van der Waals surface area contributed by atoms with E-state index in [1.54, 1.807) is 6.20 Å². The minimum atomic E-state index is -0.869. The van der Waals surface area contributed by atoms with E-state index in [0.717, 1.165) is 24.1 Å². The van der Waals surface area contributed by atoms with Crippen molar-refractivity contribution in [2.45, 2.75) is 38.2 Å². The third kappa shape index (κ3) is 2.37. The number of rotatable bonds is 2. The second kappa shape index (κ2) is 4.60. The van der Waals surface area contributed by atoms with Crippen LogP contribution in [0.25, 0.3) is 0 Å². The van der Waals surface area contributed by atoms with Crippen molar-refractivity contribution in [2.24, 2.45) is 5.92 Å². The van der Waals surface area contributed by atoms with E-state index in [2.05, 4.69) is 4.98 Å². The fraction of sp³-hybridized carbons (Fsp3) is 0.600. The van der Waals surface area contributed by atoms with E-state index in [1.165, 1.54) is 0 Å². The smallest absolute Gasteiger partial charge is 0.225 e. The molecule has 102 valence electrons. The normalized spacial score (nSPS) is 22.3. The van der Waals surface area contributed by atoms with E-state index in [1.807, 2.05) is 24.0 Å². The fourth-order valence-electron chi connectivity index (χ4n) is 2.90. The van der Waals surface area contributed by atoms with Gasteiger partial charge in [-0.2, -0.15) is 0 Å². The van der Waals surface area contributed by atoms with Gasteiger partial charge in [0, 0.05) is 25.2 Å². The monoisotopic (exact) mass is 260 g/mol. The maximum absolute atomic E-state index is 12.0. The molecule has 2 aliphatic rings. The van der Waals surface area contributed by atoms with Gasteiger partial charge in [0.25, 0.3) is 0 Å². The van der Waals surface area contributed by atoms with Gasteiger partial charge >= 0.3 is 0 Å². The number of hydrogen-bond acceptors (Lipinski definition) is 3. The second-order valence-electron chi connectivity index (χ2n) is 5.80. The number of hydrogen-bond donors (Lipinski definition) is 1. The quantitative estimate of drug-likeness (QED) is 0.879. The van der Waals surface area contributed by atoms with Crippen molar-refractivity contribution in [3.05, 3.63) is 29.6 Å². The fourth-order valence-corrected chi connectivity index (χ4v) is 2.90. The summed E-state index contributed by atoms with van der Waals surface area (Å²) >= 11 is 0. The topological polar surface area (TPSA) is 53.4 Å². The molecule has 1 amide bonds. The van der Waals surface area contributed by atoms with Gasteiger partial charge in [-0.05, 0) is 44.2 Å².